The van der Waals surface area contributed by atoms with Crippen molar-refractivity contribution in [3.8, 4) is 11.5 Å². The minimum atomic E-state index is -1.09. The Morgan fingerprint density at radius 1 is 1.30 bits per heavy atom. The van der Waals surface area contributed by atoms with Gasteiger partial charge in [0.25, 0.3) is 0 Å². The van der Waals surface area contributed by atoms with E-state index in [9.17, 15) is 24.8 Å². The van der Waals surface area contributed by atoms with Crippen molar-refractivity contribution in [2.75, 3.05) is 7.11 Å². The molecule has 120 valence electrons. The minimum absolute atomic E-state index is 0.0970. The van der Waals surface area contributed by atoms with Gasteiger partial charge in [0.15, 0.2) is 11.5 Å². The molecule has 0 bridgehead atoms. The number of H-pyrrole nitrogens is 2. The number of aromatic nitrogens is 2. The molecule has 10 heteroatoms. The standard InChI is InChI=1S/C13H10BrN3O6/c1-23-9-5-6(4-7(14)11(9)18)2-3-8-10(17(21)22)12(19)16-13(20)15-8/h2-5,18H,1H3,(H2,15,16,19,20). The highest BCUT2D eigenvalue weighted by atomic mass is 79.9. The van der Waals surface area contributed by atoms with Gasteiger partial charge in [-0.3, -0.25) is 19.9 Å². The molecule has 0 fully saturated rings. The van der Waals surface area contributed by atoms with Crippen LogP contribution in [0.5, 0.6) is 11.5 Å². The lowest BCUT2D eigenvalue weighted by Crippen LogP contribution is -2.25. The molecule has 0 unspecified atom stereocenters. The van der Waals surface area contributed by atoms with Gasteiger partial charge in [-0.15, -0.1) is 0 Å². The number of nitrogens with one attached hydrogen (secondary N) is 2. The fraction of sp³-hybridized carbons (Fsp3) is 0.0769. The van der Waals surface area contributed by atoms with Gasteiger partial charge in [-0.05, 0) is 39.7 Å². The van der Waals surface area contributed by atoms with Crippen molar-refractivity contribution < 1.29 is 14.8 Å². The first kappa shape index (κ1) is 16.5. The van der Waals surface area contributed by atoms with Gasteiger partial charge in [-0.25, -0.2) is 4.79 Å². The quantitative estimate of drug-likeness (QED) is 0.541. The van der Waals surface area contributed by atoms with E-state index in [1.165, 1.54) is 31.4 Å². The molecule has 0 atom stereocenters. The van der Waals surface area contributed by atoms with Gasteiger partial charge >= 0.3 is 16.9 Å². The first-order chi connectivity index (χ1) is 10.8. The van der Waals surface area contributed by atoms with Crippen LogP contribution in [-0.4, -0.2) is 27.1 Å². The van der Waals surface area contributed by atoms with E-state index < -0.39 is 21.9 Å². The summed E-state index contributed by atoms with van der Waals surface area (Å²) in [6.45, 7) is 0. The van der Waals surface area contributed by atoms with Crippen LogP contribution < -0.4 is 16.0 Å². The maximum Gasteiger partial charge on any atom is 0.357 e. The van der Waals surface area contributed by atoms with Crippen LogP contribution >= 0.6 is 15.9 Å². The van der Waals surface area contributed by atoms with Gasteiger partial charge in [-0.2, -0.15) is 0 Å². The third-order valence-corrected chi connectivity index (χ3v) is 3.45. The lowest BCUT2D eigenvalue weighted by atomic mass is 10.1. The summed E-state index contributed by atoms with van der Waals surface area (Å²) >= 11 is 3.14. The van der Waals surface area contributed by atoms with Crippen molar-refractivity contribution in [1.29, 1.82) is 0 Å². The number of phenolic OH excluding ortho intramolecular Hbond substituents is 1. The lowest BCUT2D eigenvalue weighted by Gasteiger charge is -2.06. The number of aromatic amines is 2. The number of hydrogen-bond donors (Lipinski definition) is 3. The Morgan fingerprint density at radius 3 is 2.61 bits per heavy atom. The van der Waals surface area contributed by atoms with Crippen LogP contribution in [0.3, 0.4) is 0 Å². The Balaban J connectivity index is 2.53. The molecule has 0 aliphatic heterocycles. The first-order valence-electron chi connectivity index (χ1n) is 6.09. The molecule has 0 amide bonds. The largest absolute Gasteiger partial charge is 0.503 e. The number of nitro groups is 1. The molecule has 1 heterocycles. The average Bonchev–Trinajstić information content (AvgIpc) is 2.47. The highest BCUT2D eigenvalue weighted by Gasteiger charge is 2.18. The summed E-state index contributed by atoms with van der Waals surface area (Å²) < 4.78 is 5.34. The molecule has 2 rings (SSSR count). The Hall–Kier alpha value is -2.88. The van der Waals surface area contributed by atoms with Crippen LogP contribution in [0.15, 0.2) is 26.2 Å². The number of hydrogen-bond acceptors (Lipinski definition) is 6. The topological polar surface area (TPSA) is 138 Å². The smallest absolute Gasteiger partial charge is 0.357 e. The number of halogens is 1. The lowest BCUT2D eigenvalue weighted by molar-refractivity contribution is -0.386. The highest BCUT2D eigenvalue weighted by Crippen LogP contribution is 2.35. The third-order valence-electron chi connectivity index (χ3n) is 2.84. The average molecular weight is 384 g/mol. The minimum Gasteiger partial charge on any atom is -0.503 e. The summed E-state index contributed by atoms with van der Waals surface area (Å²) in [5.41, 5.74) is -2.45. The molecular formula is C13H10BrN3O6. The van der Waals surface area contributed by atoms with Crippen LogP contribution in [0.2, 0.25) is 0 Å². The highest BCUT2D eigenvalue weighted by molar-refractivity contribution is 9.10. The van der Waals surface area contributed by atoms with Crippen molar-refractivity contribution in [2.45, 2.75) is 0 Å². The van der Waals surface area contributed by atoms with Crippen molar-refractivity contribution in [1.82, 2.24) is 9.97 Å². The molecule has 0 aliphatic rings. The zero-order chi connectivity index (χ0) is 17.1. The maximum absolute atomic E-state index is 11.5. The van der Waals surface area contributed by atoms with Crippen LogP contribution in [0.25, 0.3) is 12.2 Å². The van der Waals surface area contributed by atoms with Gasteiger partial charge in [0.1, 0.15) is 5.69 Å². The molecule has 0 saturated heterocycles. The molecular weight excluding hydrogens is 374 g/mol. The summed E-state index contributed by atoms with van der Waals surface area (Å²) in [6.07, 6.45) is 2.64. The van der Waals surface area contributed by atoms with Gasteiger partial charge in [0.2, 0.25) is 0 Å². The Kier molecular flexibility index (Phi) is 4.65. The monoisotopic (exact) mass is 383 g/mol. The first-order valence-corrected chi connectivity index (χ1v) is 6.88. The number of aromatic hydroxyl groups is 1. The predicted molar refractivity (Wildman–Crippen MR) is 85.6 cm³/mol. The molecule has 3 N–H and O–H groups in total. The van der Waals surface area contributed by atoms with E-state index in [4.69, 9.17) is 4.74 Å². The van der Waals surface area contributed by atoms with Gasteiger partial charge in [0.05, 0.1) is 16.5 Å². The van der Waals surface area contributed by atoms with E-state index in [1.807, 2.05) is 0 Å². The maximum atomic E-state index is 11.5. The molecule has 0 aliphatic carbocycles. The summed E-state index contributed by atoms with van der Waals surface area (Å²) in [5, 5.41) is 20.7. The second-order valence-electron chi connectivity index (χ2n) is 4.31. The summed E-state index contributed by atoms with van der Waals surface area (Å²) in [4.78, 5) is 36.8. The zero-order valence-electron chi connectivity index (χ0n) is 11.6. The molecule has 1 aromatic carbocycles. The Labute approximate surface area is 136 Å². The second kappa shape index (κ2) is 6.48. The number of benzene rings is 1. The van der Waals surface area contributed by atoms with Crippen LogP contribution in [0.1, 0.15) is 11.3 Å². The van der Waals surface area contributed by atoms with Crippen LogP contribution in [0.4, 0.5) is 5.69 Å². The fourth-order valence-electron chi connectivity index (χ4n) is 1.82. The fourth-order valence-corrected chi connectivity index (χ4v) is 2.28. The van der Waals surface area contributed by atoms with Crippen molar-refractivity contribution in [3.63, 3.8) is 0 Å². The number of methoxy groups -OCH3 is 1. The van der Waals surface area contributed by atoms with E-state index >= 15 is 0 Å². The SMILES string of the molecule is COc1cc(C=Cc2[nH]c(=O)[nH]c(=O)c2[N+](=O)[O-])cc(Br)c1O. The molecule has 1 aromatic heterocycles. The third kappa shape index (κ3) is 3.48. The summed E-state index contributed by atoms with van der Waals surface area (Å²) in [7, 11) is 1.37. The van der Waals surface area contributed by atoms with Crippen molar-refractivity contribution in [2.24, 2.45) is 0 Å². The zero-order valence-corrected chi connectivity index (χ0v) is 13.2. The molecule has 0 spiro atoms. The van der Waals surface area contributed by atoms with Crippen LogP contribution in [0, 0.1) is 10.1 Å². The summed E-state index contributed by atoms with van der Waals surface area (Å²) in [6, 6.07) is 3.01. The van der Waals surface area contributed by atoms with Gasteiger partial charge in [-0.1, -0.05) is 6.08 Å². The van der Waals surface area contributed by atoms with E-state index in [2.05, 4.69) is 20.9 Å². The molecule has 23 heavy (non-hydrogen) atoms. The van der Waals surface area contributed by atoms with E-state index in [1.54, 1.807) is 4.98 Å². The second-order valence-corrected chi connectivity index (χ2v) is 5.17. The van der Waals surface area contributed by atoms with E-state index in [0.717, 1.165) is 0 Å². The molecule has 0 radical (unpaired) electrons. The normalized spacial score (nSPS) is 10.9. The number of ether oxygens (including phenoxy) is 1. The van der Waals surface area contributed by atoms with Crippen molar-refractivity contribution in [3.05, 3.63) is 58.8 Å². The summed E-state index contributed by atoms with van der Waals surface area (Å²) in [5.74, 6) is 0.0909. The number of nitrogens with zero attached hydrogens (tertiary/aromatic N) is 1. The van der Waals surface area contributed by atoms with Gasteiger partial charge in [0, 0.05) is 0 Å². The van der Waals surface area contributed by atoms with E-state index in [0.29, 0.717) is 10.0 Å². The molecule has 0 saturated carbocycles. The molecule has 9 nitrogen and oxygen atoms in total. The number of rotatable bonds is 4. The van der Waals surface area contributed by atoms with Crippen LogP contribution in [-0.2, 0) is 0 Å². The predicted octanol–water partition coefficient (Wildman–Crippen LogP) is 1.62. The Bertz CT molecular complexity index is 915. The Morgan fingerprint density at radius 2 is 2.00 bits per heavy atom. The molecule has 2 aromatic rings. The van der Waals surface area contributed by atoms with Gasteiger partial charge < -0.3 is 14.8 Å². The number of phenols is 1. The van der Waals surface area contributed by atoms with E-state index in [-0.39, 0.29) is 17.2 Å². The van der Waals surface area contributed by atoms with Crippen molar-refractivity contribution >= 4 is 33.8 Å².